The zero-order chi connectivity index (χ0) is 21.3. The molecule has 3 rings (SSSR count). The molecule has 30 heavy (non-hydrogen) atoms. The van der Waals surface area contributed by atoms with Gasteiger partial charge in [-0.05, 0) is 35.6 Å². The van der Waals surface area contributed by atoms with Crippen LogP contribution in [0, 0.1) is 0 Å². The van der Waals surface area contributed by atoms with Gasteiger partial charge in [0.1, 0.15) is 0 Å². The maximum Gasteiger partial charge on any atom is 0.243 e. The Labute approximate surface area is 175 Å². The molecule has 2 aromatic carbocycles. The van der Waals surface area contributed by atoms with E-state index in [4.69, 9.17) is 5.21 Å². The van der Waals surface area contributed by atoms with Crippen molar-refractivity contribution < 1.29 is 20.2 Å². The molecule has 0 aliphatic heterocycles. The number of benzene rings is 2. The molecule has 3 aromatic rings. The average molecular weight is 412 g/mol. The van der Waals surface area contributed by atoms with Gasteiger partial charge in [-0.15, -0.1) is 0 Å². The first-order chi connectivity index (χ1) is 14.6. The number of H-pyrrole nitrogens is 1. The normalized spacial score (nSPS) is 11.5. The first-order valence-electron chi connectivity index (χ1n) is 10.2. The molecule has 0 unspecified atom stereocenters. The van der Waals surface area contributed by atoms with Crippen molar-refractivity contribution >= 4 is 16.8 Å². The Kier molecular flexibility index (Phi) is 7.98. The Hall–Kier alpha value is -2.71. The maximum absolute atomic E-state index is 11.2. The van der Waals surface area contributed by atoms with Gasteiger partial charge in [0, 0.05) is 36.6 Å². The predicted octanol–water partition coefficient (Wildman–Crippen LogP) is 2.00. The molecule has 0 bridgehead atoms. The van der Waals surface area contributed by atoms with E-state index in [1.54, 1.807) is 5.48 Å². The molecular formula is C23H29N3O4. The molecule has 0 aliphatic rings. The number of fused-ring (bicyclic) bond motifs is 1. The summed E-state index contributed by atoms with van der Waals surface area (Å²) >= 11 is 0. The molecule has 0 atom stereocenters. The topological polar surface area (TPSA) is 109 Å². The van der Waals surface area contributed by atoms with Crippen LogP contribution in [-0.4, -0.2) is 57.0 Å². The summed E-state index contributed by atoms with van der Waals surface area (Å²) in [5, 5.41) is 29.2. The van der Waals surface area contributed by atoms with E-state index in [0.29, 0.717) is 19.5 Å². The van der Waals surface area contributed by atoms with E-state index in [0.717, 1.165) is 23.1 Å². The summed E-state index contributed by atoms with van der Waals surface area (Å²) in [7, 11) is 0. The number of hydrogen-bond acceptors (Lipinski definition) is 5. The number of nitrogens with zero attached hydrogens (tertiary/aromatic N) is 1. The molecule has 7 nitrogen and oxygen atoms in total. The fraction of sp³-hybridized carbons (Fsp3) is 0.348. The number of aromatic nitrogens is 1. The molecule has 0 radical (unpaired) electrons. The van der Waals surface area contributed by atoms with Gasteiger partial charge in [0.05, 0.1) is 19.3 Å². The van der Waals surface area contributed by atoms with Crippen LogP contribution in [0.15, 0.2) is 54.7 Å². The van der Waals surface area contributed by atoms with E-state index in [9.17, 15) is 15.0 Å². The second-order valence-corrected chi connectivity index (χ2v) is 7.45. The third-order valence-corrected chi connectivity index (χ3v) is 5.46. The minimum Gasteiger partial charge on any atom is -0.395 e. The Morgan fingerprint density at radius 2 is 1.70 bits per heavy atom. The highest BCUT2D eigenvalue weighted by atomic mass is 16.5. The van der Waals surface area contributed by atoms with Crippen molar-refractivity contribution in [3.05, 3.63) is 71.4 Å². The van der Waals surface area contributed by atoms with Crippen LogP contribution in [0.5, 0.6) is 0 Å². The Morgan fingerprint density at radius 3 is 2.40 bits per heavy atom. The minimum atomic E-state index is -0.406. The summed E-state index contributed by atoms with van der Waals surface area (Å²) in [5.41, 5.74) is 6.03. The van der Waals surface area contributed by atoms with E-state index in [1.165, 1.54) is 10.9 Å². The van der Waals surface area contributed by atoms with E-state index in [-0.39, 0.29) is 25.7 Å². The van der Waals surface area contributed by atoms with E-state index < -0.39 is 5.91 Å². The lowest BCUT2D eigenvalue weighted by Gasteiger charge is -2.29. The third-order valence-electron chi connectivity index (χ3n) is 5.46. The zero-order valence-electron chi connectivity index (χ0n) is 16.9. The molecule has 160 valence electrons. The second-order valence-electron chi connectivity index (χ2n) is 7.45. The number of para-hydroxylation sites is 1. The predicted molar refractivity (Wildman–Crippen MR) is 115 cm³/mol. The minimum absolute atomic E-state index is 0.112. The van der Waals surface area contributed by atoms with Gasteiger partial charge >= 0.3 is 0 Å². The quantitative estimate of drug-likeness (QED) is 0.245. The highest BCUT2D eigenvalue weighted by Crippen LogP contribution is 2.19. The van der Waals surface area contributed by atoms with Gasteiger partial charge in [0.15, 0.2) is 0 Å². The standard InChI is InChI=1S/C23H29N3O4/c27-15-20(16-28)26(12-11-19-13-24-22-4-2-1-3-21(19)22)14-18-7-5-17(6-8-18)9-10-23(29)25-30/h1-8,13,20,24,27-28,30H,9-12,14-16H2,(H,25,29). The lowest BCUT2D eigenvalue weighted by Crippen LogP contribution is -2.41. The Bertz CT molecular complexity index is 935. The summed E-state index contributed by atoms with van der Waals surface area (Å²) in [6.45, 7) is 1.08. The van der Waals surface area contributed by atoms with Crippen molar-refractivity contribution in [2.45, 2.75) is 31.8 Å². The van der Waals surface area contributed by atoms with Crippen molar-refractivity contribution in [2.24, 2.45) is 0 Å². The number of carbonyl (C=O) groups is 1. The number of nitrogens with one attached hydrogen (secondary N) is 2. The number of aromatic amines is 1. The molecule has 1 heterocycles. The van der Waals surface area contributed by atoms with Crippen LogP contribution in [0.4, 0.5) is 0 Å². The summed E-state index contributed by atoms with van der Waals surface area (Å²) in [4.78, 5) is 16.6. The second kappa shape index (κ2) is 10.9. The molecule has 0 aliphatic carbocycles. The van der Waals surface area contributed by atoms with Gasteiger partial charge in [0.25, 0.3) is 0 Å². The summed E-state index contributed by atoms with van der Waals surface area (Å²) in [6, 6.07) is 15.8. The number of aliphatic hydroxyl groups is 2. The zero-order valence-corrected chi connectivity index (χ0v) is 16.9. The lowest BCUT2D eigenvalue weighted by molar-refractivity contribution is -0.129. The van der Waals surface area contributed by atoms with Crippen LogP contribution in [0.25, 0.3) is 10.9 Å². The third kappa shape index (κ3) is 5.67. The summed E-state index contributed by atoms with van der Waals surface area (Å²) < 4.78 is 0. The summed E-state index contributed by atoms with van der Waals surface area (Å²) in [5.74, 6) is -0.406. The van der Waals surface area contributed by atoms with Crippen LogP contribution in [0.1, 0.15) is 23.1 Å². The van der Waals surface area contributed by atoms with Crippen LogP contribution in [0.2, 0.25) is 0 Å². The largest absolute Gasteiger partial charge is 0.395 e. The smallest absolute Gasteiger partial charge is 0.243 e. The number of rotatable bonds is 11. The van der Waals surface area contributed by atoms with Crippen molar-refractivity contribution in [3.8, 4) is 0 Å². The van der Waals surface area contributed by atoms with Gasteiger partial charge in [0.2, 0.25) is 5.91 Å². The lowest BCUT2D eigenvalue weighted by atomic mass is 10.1. The van der Waals surface area contributed by atoms with Gasteiger partial charge in [-0.25, -0.2) is 5.48 Å². The number of aliphatic hydroxyl groups excluding tert-OH is 2. The highest BCUT2D eigenvalue weighted by Gasteiger charge is 2.18. The number of hydrogen-bond donors (Lipinski definition) is 5. The van der Waals surface area contributed by atoms with Crippen molar-refractivity contribution in [1.29, 1.82) is 0 Å². The van der Waals surface area contributed by atoms with E-state index in [2.05, 4.69) is 16.0 Å². The molecule has 1 aromatic heterocycles. The molecule has 0 spiro atoms. The average Bonchev–Trinajstić information content (AvgIpc) is 3.20. The van der Waals surface area contributed by atoms with Crippen LogP contribution in [-0.2, 0) is 24.2 Å². The Morgan fingerprint density at radius 1 is 1.00 bits per heavy atom. The number of hydroxylamine groups is 1. The van der Waals surface area contributed by atoms with Gasteiger partial charge in [-0.1, -0.05) is 42.5 Å². The molecular weight excluding hydrogens is 382 g/mol. The van der Waals surface area contributed by atoms with Gasteiger partial charge in [-0.3, -0.25) is 14.9 Å². The van der Waals surface area contributed by atoms with Crippen molar-refractivity contribution in [1.82, 2.24) is 15.4 Å². The molecule has 1 amide bonds. The molecule has 0 saturated carbocycles. The fourth-order valence-electron chi connectivity index (χ4n) is 3.64. The van der Waals surface area contributed by atoms with E-state index in [1.807, 2.05) is 48.7 Å². The Balaban J connectivity index is 1.65. The molecule has 5 N–H and O–H groups in total. The fourth-order valence-corrected chi connectivity index (χ4v) is 3.64. The monoisotopic (exact) mass is 411 g/mol. The number of aryl methyl sites for hydroxylation is 1. The van der Waals surface area contributed by atoms with Crippen LogP contribution >= 0.6 is 0 Å². The molecule has 0 saturated heterocycles. The van der Waals surface area contributed by atoms with E-state index >= 15 is 0 Å². The maximum atomic E-state index is 11.2. The summed E-state index contributed by atoms with van der Waals surface area (Å²) in [6.07, 6.45) is 3.60. The first kappa shape index (κ1) is 22.0. The molecule has 0 fully saturated rings. The highest BCUT2D eigenvalue weighted by molar-refractivity contribution is 5.83. The first-order valence-corrected chi connectivity index (χ1v) is 10.2. The SMILES string of the molecule is O=C(CCc1ccc(CN(CCc2c[nH]c3ccccc23)C(CO)CO)cc1)NO. The van der Waals surface area contributed by atoms with Gasteiger partial charge < -0.3 is 15.2 Å². The van der Waals surface area contributed by atoms with Crippen LogP contribution in [0.3, 0.4) is 0 Å². The van der Waals surface area contributed by atoms with Gasteiger partial charge in [-0.2, -0.15) is 0 Å². The number of amides is 1. The van der Waals surface area contributed by atoms with Crippen molar-refractivity contribution in [2.75, 3.05) is 19.8 Å². The van der Waals surface area contributed by atoms with Crippen LogP contribution < -0.4 is 5.48 Å². The number of carbonyl (C=O) groups excluding carboxylic acids is 1. The van der Waals surface area contributed by atoms with Crippen molar-refractivity contribution in [3.63, 3.8) is 0 Å². The molecule has 7 heteroatoms.